The van der Waals surface area contributed by atoms with Crippen LogP contribution in [0.1, 0.15) is 30.4 Å². The normalized spacial score (nSPS) is 11.8. The average Bonchev–Trinajstić information content (AvgIpc) is 2.31. The Morgan fingerprint density at radius 3 is 2.30 bits per heavy atom. The molecule has 1 aromatic carbocycles. The van der Waals surface area contributed by atoms with Gasteiger partial charge in [0.05, 0.1) is 4.90 Å². The van der Waals surface area contributed by atoms with E-state index in [4.69, 9.17) is 10.5 Å². The van der Waals surface area contributed by atoms with Gasteiger partial charge in [0.2, 0.25) is 10.0 Å². The molecule has 0 fully saturated rings. The Bertz CT molecular complexity index is 518. The first-order valence-electron chi connectivity index (χ1n) is 6.74. The molecule has 0 radical (unpaired) electrons. The number of nitrogens with one attached hydrogen (secondary N) is 1. The zero-order valence-electron chi connectivity index (χ0n) is 12.4. The van der Waals surface area contributed by atoms with Gasteiger partial charge in [-0.3, -0.25) is 0 Å². The van der Waals surface area contributed by atoms with Gasteiger partial charge in [0.25, 0.3) is 0 Å². The van der Waals surface area contributed by atoms with Crippen LogP contribution in [0, 0.1) is 13.8 Å². The smallest absolute Gasteiger partial charge is 0.241 e. The van der Waals surface area contributed by atoms with Gasteiger partial charge in [0.1, 0.15) is 0 Å². The van der Waals surface area contributed by atoms with Crippen LogP contribution < -0.4 is 10.5 Å². The first-order valence-corrected chi connectivity index (χ1v) is 8.22. The van der Waals surface area contributed by atoms with E-state index in [1.165, 1.54) is 0 Å². The maximum Gasteiger partial charge on any atom is 0.241 e. The summed E-state index contributed by atoms with van der Waals surface area (Å²) in [5.41, 5.74) is 7.65. The van der Waals surface area contributed by atoms with Crippen molar-refractivity contribution >= 4 is 15.7 Å². The molecule has 0 bridgehead atoms. The average molecular weight is 300 g/mol. The molecule has 6 heteroatoms. The summed E-state index contributed by atoms with van der Waals surface area (Å²) in [6.07, 6.45) is 2.68. The molecule has 0 amide bonds. The van der Waals surface area contributed by atoms with Gasteiger partial charge < -0.3 is 10.5 Å². The van der Waals surface area contributed by atoms with Crippen molar-refractivity contribution in [3.05, 3.63) is 23.3 Å². The number of benzene rings is 1. The third-order valence-corrected chi connectivity index (χ3v) is 4.83. The lowest BCUT2D eigenvalue weighted by Crippen LogP contribution is -2.26. The Labute approximate surface area is 121 Å². The van der Waals surface area contributed by atoms with Crippen LogP contribution in [0.4, 0.5) is 5.69 Å². The van der Waals surface area contributed by atoms with Crippen molar-refractivity contribution in [2.45, 2.75) is 38.0 Å². The molecule has 0 unspecified atom stereocenters. The van der Waals surface area contributed by atoms with Crippen molar-refractivity contribution in [3.63, 3.8) is 0 Å². The number of nitrogen functional groups attached to an aromatic ring is 1. The Balaban J connectivity index is 2.66. The van der Waals surface area contributed by atoms with Crippen molar-refractivity contribution in [3.8, 4) is 0 Å². The molecule has 0 aliphatic carbocycles. The van der Waals surface area contributed by atoms with Crippen LogP contribution in [0.25, 0.3) is 0 Å². The summed E-state index contributed by atoms with van der Waals surface area (Å²) in [5.74, 6) is 0. The van der Waals surface area contributed by atoms with Crippen LogP contribution in [0.3, 0.4) is 0 Å². The van der Waals surface area contributed by atoms with E-state index < -0.39 is 10.0 Å². The summed E-state index contributed by atoms with van der Waals surface area (Å²) in [7, 11) is -1.81. The second-order valence-electron chi connectivity index (χ2n) is 4.94. The van der Waals surface area contributed by atoms with Crippen molar-refractivity contribution in [1.29, 1.82) is 0 Å². The second-order valence-corrected chi connectivity index (χ2v) is 6.64. The molecule has 5 nitrogen and oxygen atoms in total. The van der Waals surface area contributed by atoms with Crippen LogP contribution in [-0.2, 0) is 14.8 Å². The number of hydrogen-bond acceptors (Lipinski definition) is 4. The van der Waals surface area contributed by atoms with Gasteiger partial charge in [-0.25, -0.2) is 13.1 Å². The third kappa shape index (κ3) is 4.77. The second kappa shape index (κ2) is 7.61. The minimum Gasteiger partial charge on any atom is -0.399 e. The van der Waals surface area contributed by atoms with E-state index in [1.54, 1.807) is 33.1 Å². The highest BCUT2D eigenvalue weighted by atomic mass is 32.2. The lowest BCUT2D eigenvalue weighted by Gasteiger charge is -2.13. The molecule has 114 valence electrons. The van der Waals surface area contributed by atoms with Gasteiger partial charge in [0.15, 0.2) is 0 Å². The number of nitrogens with two attached hydrogens (primary N) is 1. The van der Waals surface area contributed by atoms with E-state index in [0.29, 0.717) is 34.9 Å². The van der Waals surface area contributed by atoms with E-state index in [0.717, 1.165) is 19.3 Å². The van der Waals surface area contributed by atoms with E-state index in [9.17, 15) is 8.42 Å². The monoisotopic (exact) mass is 300 g/mol. The van der Waals surface area contributed by atoms with Crippen molar-refractivity contribution in [1.82, 2.24) is 4.72 Å². The standard InChI is InChI=1S/C14H24N2O3S/c1-11-9-13(15)10-12(2)14(11)20(17,18)16-7-5-4-6-8-19-3/h9-10,16H,4-8,15H2,1-3H3. The summed E-state index contributed by atoms with van der Waals surface area (Å²) >= 11 is 0. The minimum absolute atomic E-state index is 0.337. The minimum atomic E-state index is -3.47. The maximum atomic E-state index is 12.3. The number of anilines is 1. The van der Waals surface area contributed by atoms with Gasteiger partial charge in [-0.2, -0.15) is 0 Å². The molecular weight excluding hydrogens is 276 g/mol. The fraction of sp³-hybridized carbons (Fsp3) is 0.571. The molecule has 0 atom stereocenters. The number of hydrogen-bond donors (Lipinski definition) is 2. The molecule has 1 aromatic rings. The molecule has 0 spiro atoms. The number of unbranched alkanes of at least 4 members (excludes halogenated alkanes) is 2. The zero-order chi connectivity index (χ0) is 15.2. The van der Waals surface area contributed by atoms with Gasteiger partial charge in [0, 0.05) is 25.9 Å². The van der Waals surface area contributed by atoms with Crippen molar-refractivity contribution < 1.29 is 13.2 Å². The number of rotatable bonds is 8. The third-order valence-electron chi connectivity index (χ3n) is 3.07. The topological polar surface area (TPSA) is 81.4 Å². The van der Waals surface area contributed by atoms with E-state index in [-0.39, 0.29) is 0 Å². The van der Waals surface area contributed by atoms with Gasteiger partial charge in [-0.1, -0.05) is 0 Å². The lowest BCUT2D eigenvalue weighted by molar-refractivity contribution is 0.192. The Morgan fingerprint density at radius 2 is 1.75 bits per heavy atom. The van der Waals surface area contributed by atoms with Gasteiger partial charge >= 0.3 is 0 Å². The first-order chi connectivity index (χ1) is 9.38. The molecule has 0 aliphatic rings. The molecule has 0 saturated carbocycles. The molecular formula is C14H24N2O3S. The Kier molecular flexibility index (Phi) is 6.45. The molecule has 0 heterocycles. The van der Waals surface area contributed by atoms with Crippen molar-refractivity contribution in [2.75, 3.05) is 26.0 Å². The van der Waals surface area contributed by atoms with Crippen LogP contribution >= 0.6 is 0 Å². The Morgan fingerprint density at radius 1 is 1.15 bits per heavy atom. The molecule has 0 saturated heterocycles. The Hall–Kier alpha value is -1.11. The van der Waals surface area contributed by atoms with Gasteiger partial charge in [-0.05, 0) is 56.4 Å². The predicted octanol–water partition coefficient (Wildman–Crippen LogP) is 1.98. The fourth-order valence-corrected chi connectivity index (χ4v) is 3.76. The summed E-state index contributed by atoms with van der Waals surface area (Å²) < 4.78 is 32.2. The lowest BCUT2D eigenvalue weighted by atomic mass is 10.1. The fourth-order valence-electron chi connectivity index (χ4n) is 2.23. The van der Waals surface area contributed by atoms with Gasteiger partial charge in [-0.15, -0.1) is 0 Å². The zero-order valence-corrected chi connectivity index (χ0v) is 13.2. The number of ether oxygens (including phenoxy) is 1. The van der Waals surface area contributed by atoms with Crippen LogP contribution in [-0.4, -0.2) is 28.7 Å². The van der Waals surface area contributed by atoms with Crippen LogP contribution in [0.15, 0.2) is 17.0 Å². The quantitative estimate of drug-likeness (QED) is 0.568. The molecule has 0 aliphatic heterocycles. The summed E-state index contributed by atoms with van der Waals surface area (Å²) in [6, 6.07) is 3.36. The maximum absolute atomic E-state index is 12.3. The number of aryl methyl sites for hydroxylation is 2. The highest BCUT2D eigenvalue weighted by Gasteiger charge is 2.19. The molecule has 0 aromatic heterocycles. The highest BCUT2D eigenvalue weighted by Crippen LogP contribution is 2.22. The van der Waals surface area contributed by atoms with E-state index >= 15 is 0 Å². The SMILES string of the molecule is COCCCCCNS(=O)(=O)c1c(C)cc(N)cc1C. The summed E-state index contributed by atoms with van der Waals surface area (Å²) in [5, 5.41) is 0. The number of methoxy groups -OCH3 is 1. The highest BCUT2D eigenvalue weighted by molar-refractivity contribution is 7.89. The number of sulfonamides is 1. The van der Waals surface area contributed by atoms with Crippen LogP contribution in [0.5, 0.6) is 0 Å². The largest absolute Gasteiger partial charge is 0.399 e. The first kappa shape index (κ1) is 16.9. The van der Waals surface area contributed by atoms with Crippen LogP contribution in [0.2, 0.25) is 0 Å². The molecule has 1 rings (SSSR count). The van der Waals surface area contributed by atoms with Crippen molar-refractivity contribution in [2.24, 2.45) is 0 Å². The predicted molar refractivity (Wildman–Crippen MR) is 81.2 cm³/mol. The summed E-state index contributed by atoms with van der Waals surface area (Å²) in [6.45, 7) is 4.67. The van der Waals surface area contributed by atoms with E-state index in [2.05, 4.69) is 4.72 Å². The molecule has 20 heavy (non-hydrogen) atoms. The van der Waals surface area contributed by atoms with E-state index in [1.807, 2.05) is 0 Å². The molecule has 3 N–H and O–H groups in total. The summed E-state index contributed by atoms with van der Waals surface area (Å²) in [4.78, 5) is 0.337.